The van der Waals surface area contributed by atoms with E-state index in [2.05, 4.69) is 5.32 Å². The Bertz CT molecular complexity index is 580. The molecule has 122 valence electrons. The van der Waals surface area contributed by atoms with Crippen LogP contribution < -0.4 is 10.9 Å². The SMILES string of the molecule is CCC(C)C(NC(=O)C(C(C)C)n1ccccc1=O)C(=O)O. The van der Waals surface area contributed by atoms with Crippen molar-refractivity contribution in [3.05, 3.63) is 34.7 Å². The molecule has 0 radical (unpaired) electrons. The summed E-state index contributed by atoms with van der Waals surface area (Å²) in [5, 5.41) is 11.9. The smallest absolute Gasteiger partial charge is 0.326 e. The van der Waals surface area contributed by atoms with Gasteiger partial charge in [-0.25, -0.2) is 4.79 Å². The van der Waals surface area contributed by atoms with E-state index in [1.807, 2.05) is 20.8 Å². The molecule has 1 heterocycles. The third-order valence-corrected chi connectivity index (χ3v) is 3.83. The predicted octanol–water partition coefficient (Wildman–Crippen LogP) is 1.66. The number of carboxylic acids is 1. The van der Waals surface area contributed by atoms with E-state index < -0.39 is 24.0 Å². The number of nitrogens with one attached hydrogen (secondary N) is 1. The molecule has 3 atom stereocenters. The second-order valence-electron chi connectivity index (χ2n) is 5.85. The number of carbonyl (C=O) groups is 2. The molecule has 2 N–H and O–H groups in total. The Labute approximate surface area is 130 Å². The molecule has 1 amide bonds. The van der Waals surface area contributed by atoms with Crippen molar-refractivity contribution >= 4 is 11.9 Å². The minimum absolute atomic E-state index is 0.147. The van der Waals surface area contributed by atoms with Gasteiger partial charge in [0.2, 0.25) is 5.91 Å². The van der Waals surface area contributed by atoms with Gasteiger partial charge in [-0.05, 0) is 17.9 Å². The third kappa shape index (κ3) is 4.19. The summed E-state index contributed by atoms with van der Waals surface area (Å²) in [6.07, 6.45) is 2.18. The van der Waals surface area contributed by atoms with Crippen LogP contribution in [0.1, 0.15) is 40.2 Å². The Balaban J connectivity index is 3.07. The summed E-state index contributed by atoms with van der Waals surface area (Å²) in [7, 11) is 0. The van der Waals surface area contributed by atoms with Gasteiger partial charge in [-0.1, -0.05) is 40.2 Å². The molecule has 1 rings (SSSR count). The van der Waals surface area contributed by atoms with Crippen LogP contribution in [0, 0.1) is 11.8 Å². The van der Waals surface area contributed by atoms with Gasteiger partial charge >= 0.3 is 5.97 Å². The molecule has 3 unspecified atom stereocenters. The van der Waals surface area contributed by atoms with Crippen LogP contribution in [0.15, 0.2) is 29.2 Å². The molecular weight excluding hydrogens is 284 g/mol. The lowest BCUT2D eigenvalue weighted by Gasteiger charge is -2.26. The average Bonchev–Trinajstić information content (AvgIpc) is 2.45. The number of aliphatic carboxylic acids is 1. The van der Waals surface area contributed by atoms with Crippen LogP contribution in [0.2, 0.25) is 0 Å². The van der Waals surface area contributed by atoms with Crippen molar-refractivity contribution in [3.63, 3.8) is 0 Å². The molecule has 0 fully saturated rings. The van der Waals surface area contributed by atoms with E-state index in [0.29, 0.717) is 6.42 Å². The van der Waals surface area contributed by atoms with E-state index in [4.69, 9.17) is 0 Å². The first-order valence-corrected chi connectivity index (χ1v) is 7.49. The molecule has 22 heavy (non-hydrogen) atoms. The summed E-state index contributed by atoms with van der Waals surface area (Å²) in [4.78, 5) is 35.8. The monoisotopic (exact) mass is 308 g/mol. The van der Waals surface area contributed by atoms with E-state index >= 15 is 0 Å². The van der Waals surface area contributed by atoms with Crippen molar-refractivity contribution < 1.29 is 14.7 Å². The highest BCUT2D eigenvalue weighted by Gasteiger charge is 2.31. The fourth-order valence-electron chi connectivity index (χ4n) is 2.34. The maximum absolute atomic E-state index is 12.5. The number of rotatable bonds is 7. The van der Waals surface area contributed by atoms with Crippen molar-refractivity contribution in [2.45, 2.75) is 46.2 Å². The van der Waals surface area contributed by atoms with Gasteiger partial charge in [0.25, 0.3) is 5.56 Å². The molecule has 0 spiro atoms. The first-order valence-electron chi connectivity index (χ1n) is 7.49. The lowest BCUT2D eigenvalue weighted by atomic mass is 9.97. The zero-order valence-electron chi connectivity index (χ0n) is 13.4. The zero-order chi connectivity index (χ0) is 16.9. The normalized spacial score (nSPS) is 15.1. The number of pyridine rings is 1. The fourth-order valence-corrected chi connectivity index (χ4v) is 2.34. The summed E-state index contributed by atoms with van der Waals surface area (Å²) < 4.78 is 1.34. The van der Waals surface area contributed by atoms with Gasteiger partial charge in [-0.3, -0.25) is 9.59 Å². The maximum Gasteiger partial charge on any atom is 0.326 e. The van der Waals surface area contributed by atoms with Crippen molar-refractivity contribution in [2.24, 2.45) is 11.8 Å². The maximum atomic E-state index is 12.5. The molecule has 0 aliphatic rings. The third-order valence-electron chi connectivity index (χ3n) is 3.83. The minimum Gasteiger partial charge on any atom is -0.480 e. The molecule has 0 aromatic carbocycles. The number of hydrogen-bond acceptors (Lipinski definition) is 3. The second kappa shape index (κ2) is 7.77. The summed E-state index contributed by atoms with van der Waals surface area (Å²) in [5.41, 5.74) is -0.285. The first-order chi connectivity index (χ1) is 10.3. The van der Waals surface area contributed by atoms with Gasteiger partial charge in [-0.15, -0.1) is 0 Å². The quantitative estimate of drug-likeness (QED) is 0.802. The number of aromatic nitrogens is 1. The molecular formula is C16H24N2O4. The summed E-state index contributed by atoms with van der Waals surface area (Å²) >= 11 is 0. The van der Waals surface area contributed by atoms with Gasteiger partial charge in [0.05, 0.1) is 0 Å². The van der Waals surface area contributed by atoms with Crippen molar-refractivity contribution in [3.8, 4) is 0 Å². The molecule has 1 aromatic heterocycles. The molecule has 0 bridgehead atoms. The van der Waals surface area contributed by atoms with Gasteiger partial charge in [0.15, 0.2) is 0 Å². The average molecular weight is 308 g/mol. The lowest BCUT2D eigenvalue weighted by Crippen LogP contribution is -2.49. The molecule has 0 aliphatic heterocycles. The number of nitrogens with zero attached hydrogens (tertiary/aromatic N) is 1. The molecule has 0 saturated carbocycles. The Morgan fingerprint density at radius 1 is 1.27 bits per heavy atom. The predicted molar refractivity (Wildman–Crippen MR) is 83.6 cm³/mol. The van der Waals surface area contributed by atoms with Crippen LogP contribution in [-0.2, 0) is 9.59 Å². The highest BCUT2D eigenvalue weighted by molar-refractivity contribution is 5.86. The van der Waals surface area contributed by atoms with E-state index in [-0.39, 0.29) is 17.4 Å². The Morgan fingerprint density at radius 2 is 1.91 bits per heavy atom. The van der Waals surface area contributed by atoms with Crippen LogP contribution >= 0.6 is 0 Å². The largest absolute Gasteiger partial charge is 0.480 e. The highest BCUT2D eigenvalue weighted by atomic mass is 16.4. The Hall–Kier alpha value is -2.11. The van der Waals surface area contributed by atoms with Crippen molar-refractivity contribution in [1.29, 1.82) is 0 Å². The van der Waals surface area contributed by atoms with Crippen LogP contribution in [0.25, 0.3) is 0 Å². The zero-order valence-corrected chi connectivity index (χ0v) is 13.4. The van der Waals surface area contributed by atoms with Gasteiger partial charge in [0, 0.05) is 12.3 Å². The van der Waals surface area contributed by atoms with Crippen LogP contribution in [0.3, 0.4) is 0 Å². The van der Waals surface area contributed by atoms with Gasteiger partial charge in [0.1, 0.15) is 12.1 Å². The Kier molecular flexibility index (Phi) is 6.34. The molecule has 6 nitrogen and oxygen atoms in total. The summed E-state index contributed by atoms with van der Waals surface area (Å²) in [6.45, 7) is 7.29. The van der Waals surface area contributed by atoms with E-state index in [0.717, 1.165) is 0 Å². The standard InChI is InChI=1S/C16H24N2O4/c1-5-11(4)13(16(21)22)17-15(20)14(10(2)3)18-9-7-6-8-12(18)19/h6-11,13-14H,5H2,1-4H3,(H,17,20)(H,21,22). The summed E-state index contributed by atoms with van der Waals surface area (Å²) in [5.74, 6) is -1.85. The molecule has 1 aromatic rings. The number of amides is 1. The molecule has 0 saturated heterocycles. The fraction of sp³-hybridized carbons (Fsp3) is 0.562. The van der Waals surface area contributed by atoms with Crippen LogP contribution in [0.4, 0.5) is 0 Å². The number of carbonyl (C=O) groups excluding carboxylic acids is 1. The minimum atomic E-state index is -1.06. The van der Waals surface area contributed by atoms with Crippen LogP contribution in [-0.4, -0.2) is 27.6 Å². The Morgan fingerprint density at radius 3 is 2.36 bits per heavy atom. The van der Waals surface area contributed by atoms with Crippen molar-refractivity contribution in [2.75, 3.05) is 0 Å². The van der Waals surface area contributed by atoms with E-state index in [1.165, 1.54) is 10.6 Å². The molecule has 6 heteroatoms. The topological polar surface area (TPSA) is 88.4 Å². The second-order valence-corrected chi connectivity index (χ2v) is 5.85. The summed E-state index contributed by atoms with van der Waals surface area (Å²) in [6, 6.07) is 2.96. The van der Waals surface area contributed by atoms with Crippen LogP contribution in [0.5, 0.6) is 0 Å². The van der Waals surface area contributed by atoms with Gasteiger partial charge in [-0.2, -0.15) is 0 Å². The van der Waals surface area contributed by atoms with Crippen molar-refractivity contribution in [1.82, 2.24) is 9.88 Å². The highest BCUT2D eigenvalue weighted by Crippen LogP contribution is 2.17. The number of carboxylic acid groups (broad SMARTS) is 1. The van der Waals surface area contributed by atoms with Gasteiger partial charge < -0.3 is 15.0 Å². The van der Waals surface area contributed by atoms with E-state index in [9.17, 15) is 19.5 Å². The number of hydrogen-bond donors (Lipinski definition) is 2. The molecule has 0 aliphatic carbocycles. The first kappa shape index (κ1) is 17.9. The lowest BCUT2D eigenvalue weighted by molar-refractivity contribution is -0.144. The van der Waals surface area contributed by atoms with E-state index in [1.54, 1.807) is 25.3 Å².